The van der Waals surface area contributed by atoms with Crippen LogP contribution in [0.2, 0.25) is 0 Å². The van der Waals surface area contributed by atoms with Crippen LogP contribution < -0.4 is 14.8 Å². The molecule has 2 heterocycles. The van der Waals surface area contributed by atoms with Gasteiger partial charge in [-0.3, -0.25) is 4.79 Å². The van der Waals surface area contributed by atoms with Crippen LogP contribution in [0.4, 0.5) is 5.69 Å². The van der Waals surface area contributed by atoms with Crippen molar-refractivity contribution >= 4 is 21.4 Å². The fourth-order valence-electron chi connectivity index (χ4n) is 2.22. The van der Waals surface area contributed by atoms with Crippen molar-refractivity contribution in [2.24, 2.45) is 5.92 Å². The van der Waals surface area contributed by atoms with Crippen molar-refractivity contribution < 1.29 is 22.7 Å². The Labute approximate surface area is 110 Å². The van der Waals surface area contributed by atoms with Gasteiger partial charge in [0.05, 0.1) is 17.4 Å². The Bertz CT molecular complexity index is 625. The fourth-order valence-corrected chi connectivity index (χ4v) is 3.96. The first kappa shape index (κ1) is 12.3. The largest absolute Gasteiger partial charge is 0.454 e. The third-order valence-electron chi connectivity index (χ3n) is 3.24. The number of nitrogens with one attached hydrogen (secondary N) is 1. The van der Waals surface area contributed by atoms with Crippen molar-refractivity contribution in [3.63, 3.8) is 0 Å². The standard InChI is InChI=1S/C12H13NO5S/c14-12(8-3-4-19(15,16)6-8)13-9-1-2-10-11(5-9)18-7-17-10/h1-2,5,8H,3-4,6-7H2,(H,13,14). The smallest absolute Gasteiger partial charge is 0.231 e. The lowest BCUT2D eigenvalue weighted by molar-refractivity contribution is -0.119. The number of carbonyl (C=O) groups excluding carboxylic acids is 1. The average Bonchev–Trinajstić information content (AvgIpc) is 2.94. The number of hydrogen-bond donors (Lipinski definition) is 1. The molecule has 0 aliphatic carbocycles. The molecule has 1 fully saturated rings. The number of carbonyl (C=O) groups is 1. The predicted octanol–water partition coefficient (Wildman–Crippen LogP) is 0.788. The van der Waals surface area contributed by atoms with Gasteiger partial charge in [-0.2, -0.15) is 0 Å². The van der Waals surface area contributed by atoms with Gasteiger partial charge in [0.15, 0.2) is 21.3 Å². The van der Waals surface area contributed by atoms with E-state index in [0.717, 1.165) is 0 Å². The van der Waals surface area contributed by atoms with E-state index in [0.29, 0.717) is 23.6 Å². The Morgan fingerprint density at radius 2 is 2.05 bits per heavy atom. The van der Waals surface area contributed by atoms with E-state index < -0.39 is 15.8 Å². The first-order chi connectivity index (χ1) is 9.03. The molecule has 3 rings (SSSR count). The van der Waals surface area contributed by atoms with Crippen LogP contribution in [-0.4, -0.2) is 32.6 Å². The van der Waals surface area contributed by atoms with Crippen LogP contribution in [0.5, 0.6) is 11.5 Å². The number of ether oxygens (including phenoxy) is 2. The lowest BCUT2D eigenvalue weighted by Crippen LogP contribution is -2.23. The number of anilines is 1. The molecule has 1 aromatic carbocycles. The number of hydrogen-bond acceptors (Lipinski definition) is 5. The maximum Gasteiger partial charge on any atom is 0.231 e. The molecular formula is C12H13NO5S. The first-order valence-electron chi connectivity index (χ1n) is 5.94. The lowest BCUT2D eigenvalue weighted by atomic mass is 10.1. The van der Waals surface area contributed by atoms with E-state index in [1.165, 1.54) is 0 Å². The summed E-state index contributed by atoms with van der Waals surface area (Å²) in [5.41, 5.74) is 0.582. The molecule has 1 saturated heterocycles. The Morgan fingerprint density at radius 3 is 2.79 bits per heavy atom. The van der Waals surface area contributed by atoms with Crippen molar-refractivity contribution in [2.45, 2.75) is 6.42 Å². The van der Waals surface area contributed by atoms with Crippen LogP contribution in [-0.2, 0) is 14.6 Å². The predicted molar refractivity (Wildman–Crippen MR) is 68.0 cm³/mol. The van der Waals surface area contributed by atoms with Crippen LogP contribution in [0.3, 0.4) is 0 Å². The molecule has 1 aromatic rings. The Hall–Kier alpha value is -1.76. The molecule has 1 unspecified atom stereocenters. The van der Waals surface area contributed by atoms with Gasteiger partial charge in [-0.25, -0.2) is 8.42 Å². The molecule has 19 heavy (non-hydrogen) atoms. The first-order valence-corrected chi connectivity index (χ1v) is 7.76. The number of amides is 1. The molecule has 0 aromatic heterocycles. The van der Waals surface area contributed by atoms with Crippen molar-refractivity contribution in [1.82, 2.24) is 0 Å². The molecule has 0 radical (unpaired) electrons. The van der Waals surface area contributed by atoms with Gasteiger partial charge in [0.2, 0.25) is 12.7 Å². The molecule has 0 spiro atoms. The highest BCUT2D eigenvalue weighted by Gasteiger charge is 2.33. The monoisotopic (exact) mass is 283 g/mol. The number of sulfone groups is 1. The molecule has 7 heteroatoms. The van der Waals surface area contributed by atoms with Gasteiger partial charge in [0.25, 0.3) is 0 Å². The molecule has 6 nitrogen and oxygen atoms in total. The molecular weight excluding hydrogens is 270 g/mol. The highest BCUT2D eigenvalue weighted by Crippen LogP contribution is 2.34. The van der Waals surface area contributed by atoms with E-state index >= 15 is 0 Å². The summed E-state index contributed by atoms with van der Waals surface area (Å²) in [4.78, 5) is 12.0. The van der Waals surface area contributed by atoms with Crippen molar-refractivity contribution in [3.05, 3.63) is 18.2 Å². The van der Waals surface area contributed by atoms with Gasteiger partial charge in [-0.05, 0) is 18.6 Å². The summed E-state index contributed by atoms with van der Waals surface area (Å²) in [6, 6.07) is 5.09. The third kappa shape index (κ3) is 2.51. The quantitative estimate of drug-likeness (QED) is 0.867. The normalized spacial score (nSPS) is 23.3. The van der Waals surface area contributed by atoms with Gasteiger partial charge in [0.1, 0.15) is 0 Å². The lowest BCUT2D eigenvalue weighted by Gasteiger charge is -2.09. The highest BCUT2D eigenvalue weighted by molar-refractivity contribution is 7.91. The maximum atomic E-state index is 12.0. The molecule has 102 valence electrons. The summed E-state index contributed by atoms with van der Waals surface area (Å²) in [5.74, 6) is 0.518. The van der Waals surface area contributed by atoms with Crippen molar-refractivity contribution in [3.8, 4) is 11.5 Å². The molecule has 2 aliphatic rings. The number of rotatable bonds is 2. The number of fused-ring (bicyclic) bond motifs is 1. The molecule has 0 bridgehead atoms. The Kier molecular flexibility index (Phi) is 2.85. The van der Waals surface area contributed by atoms with E-state index in [1.54, 1.807) is 18.2 Å². The maximum absolute atomic E-state index is 12.0. The summed E-state index contributed by atoms with van der Waals surface area (Å²) < 4.78 is 33.1. The minimum Gasteiger partial charge on any atom is -0.454 e. The molecule has 0 saturated carbocycles. The van der Waals surface area contributed by atoms with Gasteiger partial charge in [-0.1, -0.05) is 0 Å². The second-order valence-corrected chi connectivity index (χ2v) is 6.89. The second kappa shape index (κ2) is 4.41. The van der Waals surface area contributed by atoms with E-state index in [4.69, 9.17) is 9.47 Å². The zero-order chi connectivity index (χ0) is 13.5. The topological polar surface area (TPSA) is 81.7 Å². The van der Waals surface area contributed by atoms with E-state index in [-0.39, 0.29) is 24.2 Å². The summed E-state index contributed by atoms with van der Waals surface area (Å²) in [6.07, 6.45) is 0.388. The second-order valence-electron chi connectivity index (χ2n) is 4.66. The van der Waals surface area contributed by atoms with E-state index in [2.05, 4.69) is 5.32 Å². The summed E-state index contributed by atoms with van der Waals surface area (Å²) in [6.45, 7) is 0.174. The molecule has 2 aliphatic heterocycles. The van der Waals surface area contributed by atoms with Gasteiger partial charge >= 0.3 is 0 Å². The fraction of sp³-hybridized carbons (Fsp3) is 0.417. The average molecular weight is 283 g/mol. The summed E-state index contributed by atoms with van der Waals surface area (Å²) in [7, 11) is -3.05. The van der Waals surface area contributed by atoms with Crippen LogP contribution >= 0.6 is 0 Å². The Balaban J connectivity index is 1.70. The van der Waals surface area contributed by atoms with Gasteiger partial charge in [-0.15, -0.1) is 0 Å². The van der Waals surface area contributed by atoms with Crippen molar-refractivity contribution in [2.75, 3.05) is 23.6 Å². The summed E-state index contributed by atoms with van der Waals surface area (Å²) in [5, 5.41) is 2.71. The minimum absolute atomic E-state index is 0.0661. The van der Waals surface area contributed by atoms with Crippen LogP contribution in [0.25, 0.3) is 0 Å². The SMILES string of the molecule is O=C(Nc1ccc2c(c1)OCO2)C1CCS(=O)(=O)C1. The highest BCUT2D eigenvalue weighted by atomic mass is 32.2. The van der Waals surface area contributed by atoms with E-state index in [1.807, 2.05) is 0 Å². The number of benzene rings is 1. The molecule has 1 amide bonds. The zero-order valence-electron chi connectivity index (χ0n) is 10.1. The minimum atomic E-state index is -3.05. The Morgan fingerprint density at radius 1 is 1.26 bits per heavy atom. The summed E-state index contributed by atoms with van der Waals surface area (Å²) >= 11 is 0. The van der Waals surface area contributed by atoms with Gasteiger partial charge in [0, 0.05) is 11.8 Å². The zero-order valence-corrected chi connectivity index (χ0v) is 10.9. The van der Waals surface area contributed by atoms with Crippen LogP contribution in [0.15, 0.2) is 18.2 Å². The molecule has 1 N–H and O–H groups in total. The molecule has 1 atom stereocenters. The van der Waals surface area contributed by atoms with Crippen LogP contribution in [0, 0.1) is 5.92 Å². The van der Waals surface area contributed by atoms with Crippen LogP contribution in [0.1, 0.15) is 6.42 Å². The van der Waals surface area contributed by atoms with Gasteiger partial charge < -0.3 is 14.8 Å². The third-order valence-corrected chi connectivity index (χ3v) is 5.01. The van der Waals surface area contributed by atoms with Crippen molar-refractivity contribution in [1.29, 1.82) is 0 Å². The van der Waals surface area contributed by atoms with E-state index in [9.17, 15) is 13.2 Å².